The van der Waals surface area contributed by atoms with E-state index in [0.29, 0.717) is 0 Å². The Bertz CT molecular complexity index is 548. The number of aryl methyl sites for hydroxylation is 1. The molecule has 0 radical (unpaired) electrons. The van der Waals surface area contributed by atoms with Gasteiger partial charge in [-0.3, -0.25) is 4.68 Å². The summed E-state index contributed by atoms with van der Waals surface area (Å²) in [5.41, 5.74) is 1.77. The molecule has 5 heteroatoms. The van der Waals surface area contributed by atoms with E-state index in [1.54, 1.807) is 4.68 Å². The Morgan fingerprint density at radius 1 is 1.53 bits per heavy atom. The van der Waals surface area contributed by atoms with Gasteiger partial charge in [-0.1, -0.05) is 18.2 Å². The molecule has 1 atom stereocenters. The standard InChI is InChI=1S/C12H14N2O3/c1-8(12(15)16)17-7-10-9-5-3-4-6-11(9)14(2)13-10/h3-6,8H,7H2,1-2H3,(H,15,16)/t8-/m0/s1. The minimum atomic E-state index is -0.967. The first-order chi connectivity index (χ1) is 8.09. The molecule has 0 aliphatic heterocycles. The van der Waals surface area contributed by atoms with Crippen LogP contribution in [0.15, 0.2) is 24.3 Å². The molecule has 1 aromatic carbocycles. The second-order valence-electron chi connectivity index (χ2n) is 3.88. The molecule has 17 heavy (non-hydrogen) atoms. The molecule has 0 saturated heterocycles. The summed E-state index contributed by atoms with van der Waals surface area (Å²) in [5, 5.41) is 14.0. The Morgan fingerprint density at radius 3 is 2.94 bits per heavy atom. The lowest BCUT2D eigenvalue weighted by atomic mass is 10.2. The maximum Gasteiger partial charge on any atom is 0.332 e. The third-order valence-electron chi connectivity index (χ3n) is 2.65. The lowest BCUT2D eigenvalue weighted by Crippen LogP contribution is -2.19. The molecule has 0 saturated carbocycles. The van der Waals surface area contributed by atoms with E-state index < -0.39 is 12.1 Å². The molecule has 5 nitrogen and oxygen atoms in total. The van der Waals surface area contributed by atoms with Crippen LogP contribution in [0.5, 0.6) is 0 Å². The third-order valence-corrected chi connectivity index (χ3v) is 2.65. The van der Waals surface area contributed by atoms with Crippen LogP contribution in [0.1, 0.15) is 12.6 Å². The summed E-state index contributed by atoms with van der Waals surface area (Å²) in [6.45, 7) is 1.71. The van der Waals surface area contributed by atoms with Crippen LogP contribution in [0, 0.1) is 0 Å². The first-order valence-corrected chi connectivity index (χ1v) is 5.34. The molecule has 1 N–H and O–H groups in total. The van der Waals surface area contributed by atoms with Gasteiger partial charge in [-0.05, 0) is 13.0 Å². The van der Waals surface area contributed by atoms with E-state index in [-0.39, 0.29) is 6.61 Å². The van der Waals surface area contributed by atoms with Gasteiger partial charge in [0.1, 0.15) is 0 Å². The van der Waals surface area contributed by atoms with Gasteiger partial charge in [0.15, 0.2) is 6.10 Å². The second kappa shape index (κ2) is 4.55. The van der Waals surface area contributed by atoms with Crippen LogP contribution < -0.4 is 0 Å². The van der Waals surface area contributed by atoms with Crippen molar-refractivity contribution in [2.45, 2.75) is 19.6 Å². The maximum atomic E-state index is 10.6. The Hall–Kier alpha value is -1.88. The van der Waals surface area contributed by atoms with Crippen LogP contribution in [0.25, 0.3) is 10.9 Å². The van der Waals surface area contributed by atoms with Gasteiger partial charge in [0.05, 0.1) is 17.8 Å². The van der Waals surface area contributed by atoms with Crippen molar-refractivity contribution in [1.29, 1.82) is 0 Å². The van der Waals surface area contributed by atoms with Crippen LogP contribution in [0.4, 0.5) is 0 Å². The topological polar surface area (TPSA) is 64.4 Å². The van der Waals surface area contributed by atoms with Crippen molar-refractivity contribution < 1.29 is 14.6 Å². The van der Waals surface area contributed by atoms with Gasteiger partial charge in [0.2, 0.25) is 0 Å². The van der Waals surface area contributed by atoms with Crippen molar-refractivity contribution >= 4 is 16.9 Å². The number of aliphatic carboxylic acids is 1. The van der Waals surface area contributed by atoms with Crippen molar-refractivity contribution in [3.05, 3.63) is 30.0 Å². The number of benzene rings is 1. The number of para-hydroxylation sites is 1. The smallest absolute Gasteiger partial charge is 0.332 e. The van der Waals surface area contributed by atoms with Crippen LogP contribution in [0.2, 0.25) is 0 Å². The Morgan fingerprint density at radius 2 is 2.24 bits per heavy atom. The first kappa shape index (κ1) is 11.6. The van der Waals surface area contributed by atoms with Gasteiger partial charge in [-0.25, -0.2) is 4.79 Å². The number of rotatable bonds is 4. The average Bonchev–Trinajstić information content (AvgIpc) is 2.64. The molecule has 0 amide bonds. The number of ether oxygens (including phenoxy) is 1. The van der Waals surface area contributed by atoms with E-state index in [9.17, 15) is 4.79 Å². The predicted octanol–water partition coefficient (Wildman–Crippen LogP) is 1.56. The molecule has 2 rings (SSSR count). The summed E-state index contributed by atoms with van der Waals surface area (Å²) < 4.78 is 7.00. The average molecular weight is 234 g/mol. The van der Waals surface area contributed by atoms with E-state index >= 15 is 0 Å². The molecule has 0 fully saturated rings. The summed E-state index contributed by atoms with van der Waals surface area (Å²) in [5.74, 6) is -0.967. The molecule has 0 spiro atoms. The van der Waals surface area contributed by atoms with Crippen LogP contribution in [-0.4, -0.2) is 27.0 Å². The van der Waals surface area contributed by atoms with E-state index in [2.05, 4.69) is 5.10 Å². The summed E-state index contributed by atoms with van der Waals surface area (Å²) in [6, 6.07) is 7.78. The Labute approximate surface area is 98.6 Å². The van der Waals surface area contributed by atoms with E-state index in [0.717, 1.165) is 16.6 Å². The molecular weight excluding hydrogens is 220 g/mol. The van der Waals surface area contributed by atoms with Gasteiger partial charge in [-0.2, -0.15) is 5.10 Å². The molecule has 0 unspecified atom stereocenters. The molecular formula is C12H14N2O3. The lowest BCUT2D eigenvalue weighted by Gasteiger charge is -2.06. The number of nitrogens with zero attached hydrogens (tertiary/aromatic N) is 2. The van der Waals surface area contributed by atoms with Gasteiger partial charge in [0, 0.05) is 12.4 Å². The summed E-state index contributed by atoms with van der Waals surface area (Å²) in [7, 11) is 1.85. The predicted molar refractivity (Wildman–Crippen MR) is 62.6 cm³/mol. The SMILES string of the molecule is C[C@H](OCc1nn(C)c2ccccc12)C(=O)O. The second-order valence-corrected chi connectivity index (χ2v) is 3.88. The van der Waals surface area contributed by atoms with Crippen molar-refractivity contribution in [1.82, 2.24) is 9.78 Å². The van der Waals surface area contributed by atoms with Gasteiger partial charge in [-0.15, -0.1) is 0 Å². The van der Waals surface area contributed by atoms with Crippen molar-refractivity contribution in [2.24, 2.45) is 7.05 Å². The normalized spacial score (nSPS) is 12.8. The number of fused-ring (bicyclic) bond motifs is 1. The lowest BCUT2D eigenvalue weighted by molar-refractivity contribution is -0.149. The number of hydrogen-bond acceptors (Lipinski definition) is 3. The highest BCUT2D eigenvalue weighted by molar-refractivity contribution is 5.81. The Kier molecular flexibility index (Phi) is 3.10. The summed E-state index contributed by atoms with van der Waals surface area (Å²) in [4.78, 5) is 10.6. The molecule has 0 aliphatic rings. The van der Waals surface area contributed by atoms with E-state index in [1.165, 1.54) is 6.92 Å². The minimum absolute atomic E-state index is 0.203. The zero-order valence-electron chi connectivity index (χ0n) is 9.75. The molecule has 0 aliphatic carbocycles. The zero-order valence-corrected chi connectivity index (χ0v) is 9.75. The zero-order chi connectivity index (χ0) is 12.4. The summed E-state index contributed by atoms with van der Waals surface area (Å²) >= 11 is 0. The molecule has 1 heterocycles. The van der Waals surface area contributed by atoms with Gasteiger partial charge in [0.25, 0.3) is 0 Å². The fourth-order valence-corrected chi connectivity index (χ4v) is 1.67. The quantitative estimate of drug-likeness (QED) is 0.872. The number of carbonyl (C=O) groups is 1. The molecule has 1 aromatic heterocycles. The fraction of sp³-hybridized carbons (Fsp3) is 0.333. The largest absolute Gasteiger partial charge is 0.479 e. The first-order valence-electron chi connectivity index (χ1n) is 5.34. The van der Waals surface area contributed by atoms with Gasteiger partial charge >= 0.3 is 5.97 Å². The highest BCUT2D eigenvalue weighted by Gasteiger charge is 2.14. The number of aromatic nitrogens is 2. The molecule has 90 valence electrons. The maximum absolute atomic E-state index is 10.6. The fourth-order valence-electron chi connectivity index (χ4n) is 1.67. The highest BCUT2D eigenvalue weighted by atomic mass is 16.5. The van der Waals surface area contributed by atoms with Crippen LogP contribution >= 0.6 is 0 Å². The van der Waals surface area contributed by atoms with E-state index in [1.807, 2.05) is 31.3 Å². The van der Waals surface area contributed by atoms with Crippen molar-refractivity contribution in [3.8, 4) is 0 Å². The van der Waals surface area contributed by atoms with Crippen LogP contribution in [-0.2, 0) is 23.2 Å². The Balaban J connectivity index is 2.22. The highest BCUT2D eigenvalue weighted by Crippen LogP contribution is 2.18. The number of carboxylic acid groups (broad SMARTS) is 1. The molecule has 0 bridgehead atoms. The number of carboxylic acids is 1. The van der Waals surface area contributed by atoms with Crippen molar-refractivity contribution in [3.63, 3.8) is 0 Å². The van der Waals surface area contributed by atoms with Gasteiger partial charge < -0.3 is 9.84 Å². The summed E-state index contributed by atoms with van der Waals surface area (Å²) in [6.07, 6.45) is -0.823. The minimum Gasteiger partial charge on any atom is -0.479 e. The van der Waals surface area contributed by atoms with Crippen molar-refractivity contribution in [2.75, 3.05) is 0 Å². The monoisotopic (exact) mass is 234 g/mol. The molecule has 2 aromatic rings. The van der Waals surface area contributed by atoms with E-state index in [4.69, 9.17) is 9.84 Å². The van der Waals surface area contributed by atoms with Crippen LogP contribution in [0.3, 0.4) is 0 Å². The number of hydrogen-bond donors (Lipinski definition) is 1. The third kappa shape index (κ3) is 2.29.